The minimum atomic E-state index is -0.482. The van der Waals surface area contributed by atoms with Gasteiger partial charge in [0.15, 0.2) is 5.58 Å². The van der Waals surface area contributed by atoms with Gasteiger partial charge in [-0.1, -0.05) is 6.92 Å². The molecule has 0 aliphatic heterocycles. The van der Waals surface area contributed by atoms with Crippen LogP contribution in [-0.4, -0.2) is 21.9 Å². The summed E-state index contributed by atoms with van der Waals surface area (Å²) in [5.74, 6) is -0.482. The number of thioether (sulfide) groups is 1. The molecular formula is C11H14N2O3S. The zero-order chi connectivity index (χ0) is 12.4. The van der Waals surface area contributed by atoms with E-state index in [0.29, 0.717) is 23.2 Å². The van der Waals surface area contributed by atoms with Crippen LogP contribution in [0, 0.1) is 0 Å². The van der Waals surface area contributed by atoms with E-state index in [-0.39, 0.29) is 11.9 Å². The summed E-state index contributed by atoms with van der Waals surface area (Å²) in [5, 5.41) is 9.11. The van der Waals surface area contributed by atoms with Crippen molar-refractivity contribution >= 4 is 28.5 Å². The third-order valence-corrected chi connectivity index (χ3v) is 3.66. The van der Waals surface area contributed by atoms with Crippen LogP contribution in [0.3, 0.4) is 0 Å². The highest BCUT2D eigenvalue weighted by molar-refractivity contribution is 8.00. The Kier molecular flexibility index (Phi) is 3.44. The molecule has 0 bridgehead atoms. The van der Waals surface area contributed by atoms with Crippen LogP contribution in [0.15, 0.2) is 26.2 Å². The Morgan fingerprint density at radius 1 is 1.59 bits per heavy atom. The van der Waals surface area contributed by atoms with Gasteiger partial charge in [-0.2, -0.15) is 0 Å². The van der Waals surface area contributed by atoms with E-state index in [9.17, 15) is 4.79 Å². The highest BCUT2D eigenvalue weighted by atomic mass is 32.2. The van der Waals surface area contributed by atoms with Crippen LogP contribution in [0.25, 0.3) is 11.1 Å². The molecule has 0 saturated carbocycles. The summed E-state index contributed by atoms with van der Waals surface area (Å²) in [7, 11) is 0. The molecule has 1 heterocycles. The van der Waals surface area contributed by atoms with E-state index in [0.717, 1.165) is 4.90 Å². The number of hydrogen-bond acceptors (Lipinski definition) is 5. The summed E-state index contributed by atoms with van der Waals surface area (Å²) in [6.45, 7) is 2.17. The fourth-order valence-corrected chi connectivity index (χ4v) is 2.59. The number of nitrogens with two attached hydrogens (primary N) is 1. The lowest BCUT2D eigenvalue weighted by Crippen LogP contribution is -2.00. The van der Waals surface area contributed by atoms with Crippen LogP contribution >= 0.6 is 11.8 Å². The second-order valence-electron chi connectivity index (χ2n) is 3.84. The minimum absolute atomic E-state index is 0.152. The molecule has 1 aromatic carbocycles. The number of anilines is 1. The smallest absolute Gasteiger partial charge is 0.408 e. The number of hydrogen-bond donors (Lipinski definition) is 3. The van der Waals surface area contributed by atoms with Crippen molar-refractivity contribution in [2.24, 2.45) is 0 Å². The summed E-state index contributed by atoms with van der Waals surface area (Å²) in [6, 6.07) is 3.44. The van der Waals surface area contributed by atoms with E-state index in [2.05, 4.69) is 4.98 Å². The lowest BCUT2D eigenvalue weighted by molar-refractivity contribution is 0.289. The highest BCUT2D eigenvalue weighted by Gasteiger charge is 2.10. The van der Waals surface area contributed by atoms with Crippen molar-refractivity contribution in [2.45, 2.75) is 23.5 Å². The van der Waals surface area contributed by atoms with Crippen molar-refractivity contribution in [2.75, 3.05) is 12.3 Å². The van der Waals surface area contributed by atoms with Gasteiger partial charge in [0, 0.05) is 28.5 Å². The van der Waals surface area contributed by atoms with Gasteiger partial charge in [0.1, 0.15) is 0 Å². The number of fused-ring (bicyclic) bond motifs is 1. The van der Waals surface area contributed by atoms with Crippen LogP contribution in [0.2, 0.25) is 0 Å². The molecule has 2 aromatic rings. The fourth-order valence-electron chi connectivity index (χ4n) is 1.55. The molecule has 1 atom stereocenters. The average molecular weight is 254 g/mol. The number of nitrogens with one attached hydrogen (secondary N) is 1. The standard InChI is InChI=1S/C11H14N2O3S/c1-6(2-3-14)17-10-5-8-9(4-7(10)12)16-11(15)13-8/h4-6,14H,2-3,12H2,1H3,(H,13,15). The van der Waals surface area contributed by atoms with Crippen LogP contribution in [-0.2, 0) is 0 Å². The number of oxazole rings is 1. The summed E-state index contributed by atoms with van der Waals surface area (Å²) < 4.78 is 4.92. The van der Waals surface area contributed by atoms with Gasteiger partial charge in [-0.3, -0.25) is 4.98 Å². The van der Waals surface area contributed by atoms with Gasteiger partial charge in [-0.05, 0) is 12.5 Å². The molecule has 0 amide bonds. The lowest BCUT2D eigenvalue weighted by Gasteiger charge is -2.11. The minimum Gasteiger partial charge on any atom is -0.408 e. The third kappa shape index (κ3) is 2.65. The van der Waals surface area contributed by atoms with E-state index in [4.69, 9.17) is 15.3 Å². The first kappa shape index (κ1) is 12.1. The predicted octanol–water partition coefficient (Wildman–Crippen LogP) is 1.57. The highest BCUT2D eigenvalue weighted by Crippen LogP contribution is 2.32. The molecule has 0 fully saturated rings. The fraction of sp³-hybridized carbons (Fsp3) is 0.364. The number of benzene rings is 1. The second-order valence-corrected chi connectivity index (χ2v) is 5.32. The number of aromatic nitrogens is 1. The molecule has 1 unspecified atom stereocenters. The zero-order valence-corrected chi connectivity index (χ0v) is 10.2. The predicted molar refractivity (Wildman–Crippen MR) is 68.3 cm³/mol. The number of aliphatic hydroxyl groups excluding tert-OH is 1. The zero-order valence-electron chi connectivity index (χ0n) is 9.40. The molecule has 92 valence electrons. The molecule has 2 rings (SSSR count). The maximum Gasteiger partial charge on any atom is 0.417 e. The number of H-pyrrole nitrogens is 1. The maximum absolute atomic E-state index is 11.0. The van der Waals surface area contributed by atoms with E-state index in [1.807, 2.05) is 6.92 Å². The van der Waals surface area contributed by atoms with Gasteiger partial charge < -0.3 is 15.3 Å². The van der Waals surface area contributed by atoms with Crippen molar-refractivity contribution in [1.82, 2.24) is 4.98 Å². The molecule has 17 heavy (non-hydrogen) atoms. The monoisotopic (exact) mass is 254 g/mol. The molecule has 1 aromatic heterocycles. The van der Waals surface area contributed by atoms with Crippen molar-refractivity contribution < 1.29 is 9.52 Å². The largest absolute Gasteiger partial charge is 0.417 e. The molecule has 0 saturated heterocycles. The normalized spacial score (nSPS) is 13.1. The Bertz CT molecular complexity index is 576. The molecular weight excluding hydrogens is 240 g/mol. The average Bonchev–Trinajstić information content (AvgIpc) is 2.58. The second kappa shape index (κ2) is 4.85. The van der Waals surface area contributed by atoms with Crippen molar-refractivity contribution in [3.63, 3.8) is 0 Å². The first-order valence-electron chi connectivity index (χ1n) is 5.30. The quantitative estimate of drug-likeness (QED) is 0.569. The first-order valence-corrected chi connectivity index (χ1v) is 6.18. The van der Waals surface area contributed by atoms with Gasteiger partial charge in [0.25, 0.3) is 0 Å². The Labute approximate surface area is 102 Å². The number of aromatic amines is 1. The van der Waals surface area contributed by atoms with Crippen molar-refractivity contribution in [3.05, 3.63) is 22.7 Å². The third-order valence-electron chi connectivity index (χ3n) is 2.42. The van der Waals surface area contributed by atoms with Crippen molar-refractivity contribution in [3.8, 4) is 0 Å². The SMILES string of the molecule is CC(CCO)Sc1cc2[nH]c(=O)oc2cc1N. The summed E-state index contributed by atoms with van der Waals surface area (Å²) >= 11 is 1.57. The van der Waals surface area contributed by atoms with Crippen LogP contribution < -0.4 is 11.5 Å². The Morgan fingerprint density at radius 3 is 3.06 bits per heavy atom. The summed E-state index contributed by atoms with van der Waals surface area (Å²) in [6.07, 6.45) is 0.698. The summed E-state index contributed by atoms with van der Waals surface area (Å²) in [4.78, 5) is 14.5. The van der Waals surface area contributed by atoms with Gasteiger partial charge in [-0.25, -0.2) is 4.79 Å². The Morgan fingerprint density at radius 2 is 2.35 bits per heavy atom. The van der Waals surface area contributed by atoms with E-state index in [1.165, 1.54) is 0 Å². The summed E-state index contributed by atoms with van der Waals surface area (Å²) in [5.41, 5.74) is 7.57. The molecule has 0 spiro atoms. The number of rotatable bonds is 4. The van der Waals surface area contributed by atoms with E-state index < -0.39 is 5.76 Å². The van der Waals surface area contributed by atoms with Gasteiger partial charge >= 0.3 is 5.76 Å². The molecule has 0 aliphatic carbocycles. The topological polar surface area (TPSA) is 92.2 Å². The van der Waals surface area contributed by atoms with Crippen molar-refractivity contribution in [1.29, 1.82) is 0 Å². The van der Waals surface area contributed by atoms with Crippen LogP contribution in [0.5, 0.6) is 0 Å². The first-order chi connectivity index (χ1) is 8.10. The maximum atomic E-state index is 11.0. The Hall–Kier alpha value is -1.40. The van der Waals surface area contributed by atoms with Crippen LogP contribution in [0.4, 0.5) is 5.69 Å². The van der Waals surface area contributed by atoms with Crippen LogP contribution in [0.1, 0.15) is 13.3 Å². The Balaban J connectivity index is 2.33. The van der Waals surface area contributed by atoms with E-state index >= 15 is 0 Å². The van der Waals surface area contributed by atoms with Gasteiger partial charge in [-0.15, -0.1) is 11.8 Å². The van der Waals surface area contributed by atoms with Gasteiger partial charge in [0.2, 0.25) is 0 Å². The molecule has 6 heteroatoms. The lowest BCUT2D eigenvalue weighted by atomic mass is 10.3. The molecule has 0 aliphatic rings. The van der Waals surface area contributed by atoms with Gasteiger partial charge in [0.05, 0.1) is 5.52 Å². The molecule has 0 radical (unpaired) electrons. The molecule has 4 N–H and O–H groups in total. The number of nitrogen functional groups attached to an aromatic ring is 1. The van der Waals surface area contributed by atoms with E-state index in [1.54, 1.807) is 23.9 Å². The molecule has 5 nitrogen and oxygen atoms in total. The number of aliphatic hydroxyl groups is 1.